The van der Waals surface area contributed by atoms with Crippen LogP contribution in [0.1, 0.15) is 23.2 Å². The molecule has 0 saturated carbocycles. The second-order valence-electron chi connectivity index (χ2n) is 4.01. The maximum absolute atomic E-state index is 13.4. The molecule has 1 fully saturated rings. The molecule has 4 nitrogen and oxygen atoms in total. The lowest BCUT2D eigenvalue weighted by Gasteiger charge is -2.30. The van der Waals surface area contributed by atoms with E-state index in [2.05, 4.69) is 4.98 Å². The third kappa shape index (κ3) is 2.41. The number of hydrogen-bond acceptors (Lipinski definition) is 3. The first-order chi connectivity index (χ1) is 8.09. The third-order valence-corrected chi connectivity index (χ3v) is 2.76. The van der Waals surface area contributed by atoms with Gasteiger partial charge in [-0.05, 0) is 18.9 Å². The van der Waals surface area contributed by atoms with E-state index in [0.29, 0.717) is 19.4 Å². The molecule has 1 N–H and O–H groups in total. The van der Waals surface area contributed by atoms with E-state index in [4.69, 9.17) is 0 Å². The number of β-amino-alcohol motifs (C(OH)–C–C–N with tert-alkyl or cyclic N) is 1. The van der Waals surface area contributed by atoms with Gasteiger partial charge in [0, 0.05) is 19.3 Å². The Labute approximate surface area is 96.9 Å². The molecule has 92 valence electrons. The summed E-state index contributed by atoms with van der Waals surface area (Å²) in [6.07, 6.45) is 1.73. The Hall–Kier alpha value is -1.56. The molecule has 1 amide bonds. The van der Waals surface area contributed by atoms with Crippen LogP contribution in [0.25, 0.3) is 0 Å². The van der Waals surface area contributed by atoms with Crippen molar-refractivity contribution in [3.63, 3.8) is 0 Å². The van der Waals surface area contributed by atoms with Crippen molar-refractivity contribution >= 4 is 5.91 Å². The van der Waals surface area contributed by atoms with E-state index >= 15 is 0 Å². The normalized spacial score (nSPS) is 20.4. The highest BCUT2D eigenvalue weighted by Gasteiger charge is 2.26. The standard InChI is InChI=1S/C11H12F2N2O2/c12-9-8(3-4-14-10(9)13)11(17)15-5-1-2-7(16)6-15/h3-4,7,16H,1-2,5-6H2/t7-/m0/s1. The quantitative estimate of drug-likeness (QED) is 0.746. The van der Waals surface area contributed by atoms with E-state index in [1.54, 1.807) is 0 Å². The molecule has 6 heteroatoms. The van der Waals surface area contributed by atoms with Crippen LogP contribution in [0.5, 0.6) is 0 Å². The Kier molecular flexibility index (Phi) is 3.33. The summed E-state index contributed by atoms with van der Waals surface area (Å²) in [4.78, 5) is 16.3. The molecule has 2 rings (SSSR count). The number of amides is 1. The number of likely N-dealkylation sites (tertiary alicyclic amines) is 1. The average molecular weight is 242 g/mol. The fraction of sp³-hybridized carbons (Fsp3) is 0.455. The van der Waals surface area contributed by atoms with Crippen LogP contribution in [-0.2, 0) is 0 Å². The summed E-state index contributed by atoms with van der Waals surface area (Å²) in [7, 11) is 0. The fourth-order valence-corrected chi connectivity index (χ4v) is 1.89. The number of rotatable bonds is 1. The van der Waals surface area contributed by atoms with Crippen LogP contribution in [0.15, 0.2) is 12.3 Å². The van der Waals surface area contributed by atoms with E-state index < -0.39 is 23.8 Å². The van der Waals surface area contributed by atoms with Gasteiger partial charge in [-0.2, -0.15) is 4.39 Å². The lowest BCUT2D eigenvalue weighted by Crippen LogP contribution is -2.42. The summed E-state index contributed by atoms with van der Waals surface area (Å²) in [5, 5.41) is 9.43. The largest absolute Gasteiger partial charge is 0.391 e. The number of halogens is 2. The molecular weight excluding hydrogens is 230 g/mol. The van der Waals surface area contributed by atoms with Gasteiger partial charge in [0.05, 0.1) is 11.7 Å². The van der Waals surface area contributed by atoms with Gasteiger partial charge >= 0.3 is 0 Å². The van der Waals surface area contributed by atoms with E-state index in [1.165, 1.54) is 4.90 Å². The zero-order valence-corrected chi connectivity index (χ0v) is 9.07. The SMILES string of the molecule is O=C(c1ccnc(F)c1F)N1CCC[C@H](O)C1. The topological polar surface area (TPSA) is 53.4 Å². The van der Waals surface area contributed by atoms with Crippen molar-refractivity contribution in [2.45, 2.75) is 18.9 Å². The minimum Gasteiger partial charge on any atom is -0.391 e. The molecule has 1 saturated heterocycles. The summed E-state index contributed by atoms with van der Waals surface area (Å²) < 4.78 is 26.2. The molecule has 0 spiro atoms. The Balaban J connectivity index is 2.22. The maximum Gasteiger partial charge on any atom is 0.257 e. The second kappa shape index (κ2) is 4.75. The van der Waals surface area contributed by atoms with Crippen LogP contribution in [-0.4, -0.2) is 40.1 Å². The van der Waals surface area contributed by atoms with Gasteiger partial charge in [0.25, 0.3) is 5.91 Å². The zero-order chi connectivity index (χ0) is 12.4. The highest BCUT2D eigenvalue weighted by molar-refractivity contribution is 5.94. The van der Waals surface area contributed by atoms with Crippen molar-refractivity contribution in [1.82, 2.24) is 9.88 Å². The monoisotopic (exact) mass is 242 g/mol. The van der Waals surface area contributed by atoms with Gasteiger partial charge in [-0.1, -0.05) is 0 Å². The minimum absolute atomic E-state index is 0.155. The summed E-state index contributed by atoms with van der Waals surface area (Å²) >= 11 is 0. The molecule has 1 aliphatic heterocycles. The van der Waals surface area contributed by atoms with Gasteiger partial charge in [0.1, 0.15) is 0 Å². The molecule has 17 heavy (non-hydrogen) atoms. The lowest BCUT2D eigenvalue weighted by molar-refractivity contribution is 0.0469. The van der Waals surface area contributed by atoms with Crippen molar-refractivity contribution < 1.29 is 18.7 Å². The van der Waals surface area contributed by atoms with Crippen molar-refractivity contribution in [3.05, 3.63) is 29.6 Å². The van der Waals surface area contributed by atoms with Crippen LogP contribution in [0.4, 0.5) is 8.78 Å². The van der Waals surface area contributed by atoms with Gasteiger partial charge in [-0.15, -0.1) is 0 Å². The highest BCUT2D eigenvalue weighted by atomic mass is 19.2. The van der Waals surface area contributed by atoms with E-state index in [1.807, 2.05) is 0 Å². The van der Waals surface area contributed by atoms with Gasteiger partial charge < -0.3 is 10.0 Å². The Morgan fingerprint density at radius 3 is 3.00 bits per heavy atom. The zero-order valence-electron chi connectivity index (χ0n) is 9.07. The molecule has 1 aliphatic rings. The smallest absolute Gasteiger partial charge is 0.257 e. The molecule has 0 aromatic carbocycles. The second-order valence-corrected chi connectivity index (χ2v) is 4.01. The van der Waals surface area contributed by atoms with Crippen molar-refractivity contribution in [1.29, 1.82) is 0 Å². The predicted octanol–water partition coefficient (Wildman–Crippen LogP) is 0.957. The first-order valence-corrected chi connectivity index (χ1v) is 5.37. The number of nitrogens with zero attached hydrogens (tertiary/aromatic N) is 2. The summed E-state index contributed by atoms with van der Waals surface area (Å²) in [5.41, 5.74) is -0.341. The van der Waals surface area contributed by atoms with E-state index in [-0.39, 0.29) is 12.1 Å². The van der Waals surface area contributed by atoms with Crippen LogP contribution in [0, 0.1) is 11.8 Å². The number of hydrogen-bond donors (Lipinski definition) is 1. The fourth-order valence-electron chi connectivity index (χ4n) is 1.89. The Morgan fingerprint density at radius 2 is 2.29 bits per heavy atom. The third-order valence-electron chi connectivity index (χ3n) is 2.76. The Bertz CT molecular complexity index is 439. The number of carbonyl (C=O) groups excluding carboxylic acids is 1. The first kappa shape index (κ1) is 11.9. The molecule has 0 aliphatic carbocycles. The number of pyridine rings is 1. The number of carbonyl (C=O) groups is 1. The number of aliphatic hydroxyl groups excluding tert-OH is 1. The van der Waals surface area contributed by atoms with Crippen molar-refractivity contribution in [2.24, 2.45) is 0 Å². The van der Waals surface area contributed by atoms with E-state index in [0.717, 1.165) is 12.3 Å². The molecule has 0 radical (unpaired) electrons. The molecule has 1 aromatic heterocycles. The highest BCUT2D eigenvalue weighted by Crippen LogP contribution is 2.16. The number of aliphatic hydroxyl groups is 1. The first-order valence-electron chi connectivity index (χ1n) is 5.37. The minimum atomic E-state index is -1.28. The maximum atomic E-state index is 13.4. The molecule has 1 aromatic rings. The summed E-state index contributed by atoms with van der Waals surface area (Å²) in [5.74, 6) is -3.13. The van der Waals surface area contributed by atoms with Gasteiger partial charge in [-0.25, -0.2) is 9.37 Å². The van der Waals surface area contributed by atoms with Crippen molar-refractivity contribution in [2.75, 3.05) is 13.1 Å². The molecule has 2 heterocycles. The number of piperidine rings is 1. The summed E-state index contributed by atoms with van der Waals surface area (Å²) in [6.45, 7) is 0.599. The van der Waals surface area contributed by atoms with Crippen LogP contribution in [0.2, 0.25) is 0 Å². The predicted molar refractivity (Wildman–Crippen MR) is 55.3 cm³/mol. The van der Waals surface area contributed by atoms with Gasteiger partial charge in [0.2, 0.25) is 5.95 Å². The van der Waals surface area contributed by atoms with Crippen LogP contribution in [0.3, 0.4) is 0 Å². The van der Waals surface area contributed by atoms with Gasteiger partial charge in [-0.3, -0.25) is 4.79 Å². The lowest BCUT2D eigenvalue weighted by atomic mass is 10.1. The van der Waals surface area contributed by atoms with Gasteiger partial charge in [0.15, 0.2) is 5.82 Å². The molecule has 0 bridgehead atoms. The van der Waals surface area contributed by atoms with Crippen LogP contribution >= 0.6 is 0 Å². The molecule has 1 atom stereocenters. The summed E-state index contributed by atoms with van der Waals surface area (Å²) in [6, 6.07) is 1.14. The number of aromatic nitrogens is 1. The Morgan fingerprint density at radius 1 is 1.53 bits per heavy atom. The molecule has 0 unspecified atom stereocenters. The van der Waals surface area contributed by atoms with E-state index in [9.17, 15) is 18.7 Å². The average Bonchev–Trinajstić information content (AvgIpc) is 2.32. The van der Waals surface area contributed by atoms with Crippen LogP contribution < -0.4 is 0 Å². The molecular formula is C11H12F2N2O2. The van der Waals surface area contributed by atoms with Crippen molar-refractivity contribution in [3.8, 4) is 0 Å².